The summed E-state index contributed by atoms with van der Waals surface area (Å²) in [7, 11) is 3.53. The SMILES string of the molecule is COc1ccc2cc(CN(C)C(=O)C(C)N3CCN(c4ncccc4C#N)CC3)ccc2c1. The number of hydrogen-bond donors (Lipinski definition) is 0. The molecule has 7 nitrogen and oxygen atoms in total. The molecule has 1 fully saturated rings. The Labute approximate surface area is 194 Å². The van der Waals surface area contributed by atoms with Crippen molar-refractivity contribution in [2.75, 3.05) is 45.2 Å². The summed E-state index contributed by atoms with van der Waals surface area (Å²) in [5, 5.41) is 11.6. The summed E-state index contributed by atoms with van der Waals surface area (Å²) in [6.45, 7) is 5.51. The highest BCUT2D eigenvalue weighted by Crippen LogP contribution is 2.23. The highest BCUT2D eigenvalue weighted by Gasteiger charge is 2.28. The van der Waals surface area contributed by atoms with Crippen molar-refractivity contribution in [2.45, 2.75) is 19.5 Å². The molecule has 1 aliphatic rings. The van der Waals surface area contributed by atoms with Crippen LogP contribution in [0.1, 0.15) is 18.1 Å². The van der Waals surface area contributed by atoms with Crippen molar-refractivity contribution in [3.63, 3.8) is 0 Å². The maximum absolute atomic E-state index is 13.1. The summed E-state index contributed by atoms with van der Waals surface area (Å²) in [6.07, 6.45) is 1.72. The van der Waals surface area contributed by atoms with E-state index in [1.165, 1.54) is 0 Å². The zero-order chi connectivity index (χ0) is 23.4. The van der Waals surface area contributed by atoms with Crippen molar-refractivity contribution in [1.29, 1.82) is 5.26 Å². The zero-order valence-corrected chi connectivity index (χ0v) is 19.4. The van der Waals surface area contributed by atoms with Gasteiger partial charge in [-0.1, -0.05) is 18.2 Å². The first kappa shape index (κ1) is 22.6. The number of carbonyl (C=O) groups excluding carboxylic acids is 1. The third-order valence-corrected chi connectivity index (χ3v) is 6.33. The minimum absolute atomic E-state index is 0.105. The van der Waals surface area contributed by atoms with Crippen LogP contribution in [-0.4, -0.2) is 67.1 Å². The van der Waals surface area contributed by atoms with Crippen LogP contribution in [0.4, 0.5) is 5.82 Å². The summed E-state index contributed by atoms with van der Waals surface area (Å²) in [6, 6.07) is 17.8. The van der Waals surface area contributed by atoms with Crippen molar-refractivity contribution < 1.29 is 9.53 Å². The standard InChI is InChI=1S/C26H29N5O2/c1-19(30-11-13-31(14-12-30)25-23(17-27)5-4-10-28-25)26(32)29(2)18-20-6-7-22-16-24(33-3)9-8-21(22)15-20/h4-10,15-16,19H,11-14,18H2,1-3H3. The van der Waals surface area contributed by atoms with Gasteiger partial charge in [0.05, 0.1) is 18.7 Å². The van der Waals surface area contributed by atoms with Crippen molar-refractivity contribution in [3.8, 4) is 11.8 Å². The molecule has 170 valence electrons. The number of likely N-dealkylation sites (N-methyl/N-ethyl adjacent to an activating group) is 1. The molecule has 2 aromatic carbocycles. The molecule has 0 radical (unpaired) electrons. The second-order valence-electron chi connectivity index (χ2n) is 8.43. The fourth-order valence-electron chi connectivity index (χ4n) is 4.38. The van der Waals surface area contributed by atoms with E-state index in [0.717, 1.165) is 54.1 Å². The number of methoxy groups -OCH3 is 1. The van der Waals surface area contributed by atoms with Crippen LogP contribution in [0.15, 0.2) is 54.7 Å². The second-order valence-corrected chi connectivity index (χ2v) is 8.43. The predicted octanol–water partition coefficient (Wildman–Crippen LogP) is 3.28. The fraction of sp³-hybridized carbons (Fsp3) is 0.346. The number of piperazine rings is 1. The number of amides is 1. The van der Waals surface area contributed by atoms with E-state index in [2.05, 4.69) is 39.1 Å². The van der Waals surface area contributed by atoms with E-state index >= 15 is 0 Å². The second kappa shape index (κ2) is 9.88. The first-order valence-corrected chi connectivity index (χ1v) is 11.2. The number of hydrogen-bond acceptors (Lipinski definition) is 6. The first-order valence-electron chi connectivity index (χ1n) is 11.2. The average Bonchev–Trinajstić information content (AvgIpc) is 2.87. The monoisotopic (exact) mass is 443 g/mol. The Morgan fingerprint density at radius 2 is 1.88 bits per heavy atom. The molecular weight excluding hydrogens is 414 g/mol. The average molecular weight is 444 g/mol. The van der Waals surface area contributed by atoms with Gasteiger partial charge in [0.1, 0.15) is 17.6 Å². The molecule has 33 heavy (non-hydrogen) atoms. The molecule has 4 rings (SSSR count). The molecule has 1 unspecified atom stereocenters. The normalized spacial score (nSPS) is 15.2. The van der Waals surface area contributed by atoms with Gasteiger partial charge in [-0.15, -0.1) is 0 Å². The van der Waals surface area contributed by atoms with Gasteiger partial charge in [0.25, 0.3) is 0 Å². The number of ether oxygens (including phenoxy) is 1. The molecule has 0 spiro atoms. The molecule has 0 N–H and O–H groups in total. The minimum atomic E-state index is -0.207. The van der Waals surface area contributed by atoms with Crippen molar-refractivity contribution in [3.05, 3.63) is 65.9 Å². The lowest BCUT2D eigenvalue weighted by atomic mass is 10.1. The van der Waals surface area contributed by atoms with E-state index in [0.29, 0.717) is 12.1 Å². The van der Waals surface area contributed by atoms with Gasteiger partial charge in [-0.25, -0.2) is 4.98 Å². The summed E-state index contributed by atoms with van der Waals surface area (Å²) in [5.41, 5.74) is 1.68. The first-order chi connectivity index (χ1) is 16.0. The number of nitrogens with zero attached hydrogens (tertiary/aromatic N) is 5. The van der Waals surface area contributed by atoms with Gasteiger partial charge in [-0.3, -0.25) is 9.69 Å². The number of rotatable bonds is 6. The molecule has 1 amide bonds. The Hall–Kier alpha value is -3.63. The van der Waals surface area contributed by atoms with Gasteiger partial charge in [-0.2, -0.15) is 5.26 Å². The third-order valence-electron chi connectivity index (χ3n) is 6.33. The van der Waals surface area contributed by atoms with Crippen LogP contribution in [-0.2, 0) is 11.3 Å². The van der Waals surface area contributed by atoms with E-state index in [1.807, 2.05) is 32.2 Å². The van der Waals surface area contributed by atoms with Gasteiger partial charge in [0.15, 0.2) is 0 Å². The van der Waals surface area contributed by atoms with E-state index < -0.39 is 0 Å². The maximum atomic E-state index is 13.1. The lowest BCUT2D eigenvalue weighted by molar-refractivity contribution is -0.135. The molecule has 1 aliphatic heterocycles. The summed E-state index contributed by atoms with van der Waals surface area (Å²) in [4.78, 5) is 23.7. The van der Waals surface area contributed by atoms with Gasteiger partial charge in [0, 0.05) is 46.0 Å². The number of anilines is 1. The number of carbonyl (C=O) groups is 1. The molecule has 1 aromatic heterocycles. The fourth-order valence-corrected chi connectivity index (χ4v) is 4.38. The largest absolute Gasteiger partial charge is 0.497 e. The van der Waals surface area contributed by atoms with Gasteiger partial charge < -0.3 is 14.5 Å². The van der Waals surface area contributed by atoms with Crippen LogP contribution in [0, 0.1) is 11.3 Å². The number of benzene rings is 2. The van der Waals surface area contributed by atoms with Gasteiger partial charge >= 0.3 is 0 Å². The Kier molecular flexibility index (Phi) is 6.76. The third kappa shape index (κ3) is 4.91. The molecule has 0 bridgehead atoms. The van der Waals surface area contributed by atoms with Crippen LogP contribution < -0.4 is 9.64 Å². The molecule has 1 saturated heterocycles. The van der Waals surface area contributed by atoms with E-state index in [9.17, 15) is 10.1 Å². The topological polar surface area (TPSA) is 72.7 Å². The molecule has 3 aromatic rings. The number of aromatic nitrogens is 1. The Balaban J connectivity index is 1.36. The Morgan fingerprint density at radius 1 is 1.15 bits per heavy atom. The Bertz CT molecular complexity index is 1180. The van der Waals surface area contributed by atoms with Gasteiger partial charge in [-0.05, 0) is 53.6 Å². The van der Waals surface area contributed by atoms with Crippen molar-refractivity contribution in [1.82, 2.24) is 14.8 Å². The summed E-state index contributed by atoms with van der Waals surface area (Å²) >= 11 is 0. The van der Waals surface area contributed by atoms with Crippen LogP contribution in [0.2, 0.25) is 0 Å². The molecule has 1 atom stereocenters. The van der Waals surface area contributed by atoms with E-state index in [-0.39, 0.29) is 11.9 Å². The number of fused-ring (bicyclic) bond motifs is 1. The van der Waals surface area contributed by atoms with Crippen LogP contribution in [0.3, 0.4) is 0 Å². The van der Waals surface area contributed by atoms with Crippen LogP contribution in [0.5, 0.6) is 5.75 Å². The number of nitriles is 1. The molecule has 0 aliphatic carbocycles. The lowest BCUT2D eigenvalue weighted by Gasteiger charge is -2.39. The Morgan fingerprint density at radius 3 is 2.61 bits per heavy atom. The predicted molar refractivity (Wildman–Crippen MR) is 129 cm³/mol. The van der Waals surface area contributed by atoms with Crippen LogP contribution in [0.25, 0.3) is 10.8 Å². The molecule has 2 heterocycles. The van der Waals surface area contributed by atoms with Crippen LogP contribution >= 0.6 is 0 Å². The highest BCUT2D eigenvalue weighted by atomic mass is 16.5. The van der Waals surface area contributed by atoms with Crippen molar-refractivity contribution >= 4 is 22.5 Å². The van der Waals surface area contributed by atoms with E-state index in [1.54, 1.807) is 30.3 Å². The van der Waals surface area contributed by atoms with E-state index in [4.69, 9.17) is 4.74 Å². The van der Waals surface area contributed by atoms with Crippen molar-refractivity contribution in [2.24, 2.45) is 0 Å². The molecular formula is C26H29N5O2. The van der Waals surface area contributed by atoms with Gasteiger partial charge in [0.2, 0.25) is 5.91 Å². The molecule has 0 saturated carbocycles. The maximum Gasteiger partial charge on any atom is 0.239 e. The lowest BCUT2D eigenvalue weighted by Crippen LogP contribution is -2.54. The molecule has 7 heteroatoms. The summed E-state index contributed by atoms with van der Waals surface area (Å²) in [5.74, 6) is 1.67. The zero-order valence-electron chi connectivity index (χ0n) is 19.4. The quantitative estimate of drug-likeness (QED) is 0.582. The minimum Gasteiger partial charge on any atom is -0.497 e. The number of pyridine rings is 1. The smallest absolute Gasteiger partial charge is 0.239 e. The highest BCUT2D eigenvalue weighted by molar-refractivity contribution is 5.85. The summed E-state index contributed by atoms with van der Waals surface area (Å²) < 4.78 is 5.30.